The number of carbonyl (C=O) groups excluding carboxylic acids is 1. The minimum atomic E-state index is -0.0360. The SMILES string of the molecule is CC(=O)N(Cc1ccccc1)C(=[Te])Oc1ccc(C)cc1.[TeH2]. The summed E-state index contributed by atoms with van der Waals surface area (Å²) < 4.78 is 6.38. The maximum absolute atomic E-state index is 11.9. The van der Waals surface area contributed by atoms with Crippen molar-refractivity contribution in [2.24, 2.45) is 0 Å². The fraction of sp³-hybridized carbons (Fsp3) is 0.176. The Bertz CT molecular complexity index is 627. The number of hydrogen-bond donors (Lipinski definition) is 0. The molecule has 22 heavy (non-hydrogen) atoms. The zero-order chi connectivity index (χ0) is 15.2. The number of rotatable bonds is 5. The molecule has 0 aliphatic rings. The van der Waals surface area contributed by atoms with Gasteiger partial charge >= 0.3 is 162 Å². The van der Waals surface area contributed by atoms with E-state index >= 15 is 0 Å². The van der Waals surface area contributed by atoms with E-state index in [4.69, 9.17) is 4.74 Å². The molecule has 3 nitrogen and oxygen atoms in total. The topological polar surface area (TPSA) is 29.5 Å². The van der Waals surface area contributed by atoms with Gasteiger partial charge in [-0.25, -0.2) is 0 Å². The maximum atomic E-state index is 11.9. The monoisotopic (exact) mass is 529 g/mol. The van der Waals surface area contributed by atoms with E-state index in [0.29, 0.717) is 10.4 Å². The van der Waals surface area contributed by atoms with Crippen molar-refractivity contribution in [2.75, 3.05) is 0 Å². The number of ether oxygens (including phenoxy) is 1. The Balaban J connectivity index is 0.00000242. The second kappa shape index (κ2) is 9.33. The fourth-order valence-electron chi connectivity index (χ4n) is 1.83. The van der Waals surface area contributed by atoms with Gasteiger partial charge in [-0.2, -0.15) is 0 Å². The number of amides is 1. The molecule has 0 fully saturated rings. The van der Waals surface area contributed by atoms with Crippen LogP contribution in [0.5, 0.6) is 5.75 Å². The molecule has 0 bridgehead atoms. The third-order valence-electron chi connectivity index (χ3n) is 3.01. The van der Waals surface area contributed by atoms with E-state index < -0.39 is 0 Å². The first-order valence-electron chi connectivity index (χ1n) is 6.67. The average molecular weight is 525 g/mol. The summed E-state index contributed by atoms with van der Waals surface area (Å²) in [4.78, 5) is 13.5. The van der Waals surface area contributed by atoms with Crippen molar-refractivity contribution in [3.63, 3.8) is 0 Å². The van der Waals surface area contributed by atoms with Gasteiger partial charge in [0, 0.05) is 0 Å². The van der Waals surface area contributed by atoms with E-state index in [0.717, 1.165) is 11.3 Å². The van der Waals surface area contributed by atoms with E-state index in [-0.39, 0.29) is 29.6 Å². The first-order valence-corrected chi connectivity index (χ1v) is 7.83. The molecule has 5 heteroatoms. The predicted molar refractivity (Wildman–Crippen MR) is 93.8 cm³/mol. The van der Waals surface area contributed by atoms with E-state index in [9.17, 15) is 4.79 Å². The number of carbonyl (C=O) groups is 1. The van der Waals surface area contributed by atoms with Crippen molar-refractivity contribution in [3.8, 4) is 5.75 Å². The van der Waals surface area contributed by atoms with Crippen LogP contribution in [0.2, 0.25) is 0 Å². The van der Waals surface area contributed by atoms with Crippen LogP contribution < -0.4 is 4.74 Å². The molecule has 0 unspecified atom stereocenters. The molecule has 0 heterocycles. The Morgan fingerprint density at radius 3 is 2.23 bits per heavy atom. The molecule has 0 spiro atoms. The molecule has 0 aromatic heterocycles. The Labute approximate surface area is 160 Å². The zero-order valence-corrected chi connectivity index (χ0v) is 17.8. The summed E-state index contributed by atoms with van der Waals surface area (Å²) in [6.07, 6.45) is 0. The van der Waals surface area contributed by atoms with Crippen LogP contribution >= 0.6 is 0 Å². The molecule has 0 N–H and O–H groups in total. The first kappa shape index (κ1) is 19.2. The zero-order valence-electron chi connectivity index (χ0n) is 12.6. The van der Waals surface area contributed by atoms with Gasteiger partial charge in [-0.3, -0.25) is 0 Å². The number of nitrogens with zero attached hydrogens (tertiary/aromatic N) is 1. The molecule has 2 aromatic rings. The second-order valence-corrected chi connectivity index (χ2v) is 5.77. The van der Waals surface area contributed by atoms with E-state index in [2.05, 4.69) is 0 Å². The molecular formula is C17H19NO2Te2. The molecule has 0 radical (unpaired) electrons. The molecule has 2 rings (SSSR count). The fourth-order valence-corrected chi connectivity index (χ4v) is 2.66. The molecular weight excluding hydrogens is 505 g/mol. The van der Waals surface area contributed by atoms with Crippen LogP contribution in [0.1, 0.15) is 18.1 Å². The van der Waals surface area contributed by atoms with Crippen molar-refractivity contribution in [1.82, 2.24) is 4.90 Å². The summed E-state index contributed by atoms with van der Waals surface area (Å²) in [7, 11) is 0. The summed E-state index contributed by atoms with van der Waals surface area (Å²) >= 11 is 1.73. The van der Waals surface area contributed by atoms with Crippen LogP contribution in [-0.4, -0.2) is 60.2 Å². The number of aryl methyl sites for hydroxylation is 1. The van der Waals surface area contributed by atoms with Crippen LogP contribution in [0.15, 0.2) is 54.6 Å². The molecule has 0 atom stereocenters. The van der Waals surface area contributed by atoms with Gasteiger partial charge in [-0.1, -0.05) is 0 Å². The Morgan fingerprint density at radius 2 is 1.68 bits per heavy atom. The standard InChI is InChI=1S/C17H17NO2Te.H2Te/c1-13-8-10-16(11-9-13)20-17(21)18(14(2)19)12-15-6-4-3-5-7-15;/h3-11H,12H2,1-2H3;1H2. The Morgan fingerprint density at radius 1 is 1.09 bits per heavy atom. The third kappa shape index (κ3) is 5.75. The van der Waals surface area contributed by atoms with Gasteiger partial charge < -0.3 is 0 Å². The van der Waals surface area contributed by atoms with E-state index in [1.165, 1.54) is 5.56 Å². The van der Waals surface area contributed by atoms with Crippen molar-refractivity contribution >= 4 is 55.3 Å². The van der Waals surface area contributed by atoms with Crippen LogP contribution in [0.4, 0.5) is 0 Å². The van der Waals surface area contributed by atoms with Gasteiger partial charge in [0.2, 0.25) is 0 Å². The number of hydrogen-bond acceptors (Lipinski definition) is 2. The van der Waals surface area contributed by atoms with Crippen molar-refractivity contribution in [3.05, 3.63) is 65.7 Å². The summed E-state index contributed by atoms with van der Waals surface area (Å²) in [5, 5.41) is 0. The summed E-state index contributed by atoms with van der Waals surface area (Å²) in [6, 6.07) is 17.7. The van der Waals surface area contributed by atoms with Crippen LogP contribution in [0.25, 0.3) is 0 Å². The Hall–Kier alpha value is -0.841. The summed E-state index contributed by atoms with van der Waals surface area (Å²) in [5.41, 5.74) is 2.25. The summed E-state index contributed by atoms with van der Waals surface area (Å²) in [5.74, 6) is 0.700. The quantitative estimate of drug-likeness (QED) is 0.559. The molecule has 116 valence electrons. The van der Waals surface area contributed by atoms with Gasteiger partial charge in [0.15, 0.2) is 0 Å². The van der Waals surface area contributed by atoms with E-state index in [1.54, 1.807) is 33.6 Å². The molecule has 2 aromatic carbocycles. The minimum absolute atomic E-state index is 0. The predicted octanol–water partition coefficient (Wildman–Crippen LogP) is 1.76. The average Bonchev–Trinajstić information content (AvgIpc) is 2.48. The molecule has 0 aliphatic heterocycles. The van der Waals surface area contributed by atoms with Crippen LogP contribution in [-0.2, 0) is 11.3 Å². The van der Waals surface area contributed by atoms with Crippen molar-refractivity contribution < 1.29 is 9.53 Å². The second-order valence-electron chi connectivity index (χ2n) is 4.77. The first-order chi connectivity index (χ1) is 10.1. The Kier molecular flexibility index (Phi) is 8.15. The number of benzene rings is 2. The van der Waals surface area contributed by atoms with Crippen LogP contribution in [0.3, 0.4) is 0 Å². The van der Waals surface area contributed by atoms with Gasteiger partial charge in [0.1, 0.15) is 0 Å². The van der Waals surface area contributed by atoms with Gasteiger partial charge in [-0.15, -0.1) is 0 Å². The van der Waals surface area contributed by atoms with Crippen molar-refractivity contribution in [1.29, 1.82) is 0 Å². The molecule has 0 aliphatic carbocycles. The summed E-state index contributed by atoms with van der Waals surface area (Å²) in [6.45, 7) is 4.08. The van der Waals surface area contributed by atoms with Crippen LogP contribution in [0, 0.1) is 6.92 Å². The third-order valence-corrected chi connectivity index (χ3v) is 3.88. The normalized spacial score (nSPS) is 9.55. The van der Waals surface area contributed by atoms with E-state index in [1.807, 2.05) is 61.5 Å². The van der Waals surface area contributed by atoms with Gasteiger partial charge in [-0.05, 0) is 0 Å². The molecule has 0 saturated carbocycles. The van der Waals surface area contributed by atoms with Gasteiger partial charge in [0.25, 0.3) is 0 Å². The molecule has 1 amide bonds. The van der Waals surface area contributed by atoms with Gasteiger partial charge in [0.05, 0.1) is 0 Å². The molecule has 0 saturated heterocycles. The van der Waals surface area contributed by atoms with Crippen molar-refractivity contribution in [2.45, 2.75) is 20.4 Å².